The van der Waals surface area contributed by atoms with Crippen molar-refractivity contribution in [3.8, 4) is 0 Å². The summed E-state index contributed by atoms with van der Waals surface area (Å²) in [5, 5.41) is 3.47. The van der Waals surface area contributed by atoms with Crippen molar-refractivity contribution in [2.45, 2.75) is 84.6 Å². The molecule has 21 heavy (non-hydrogen) atoms. The number of hydrogen-bond acceptors (Lipinski definition) is 2. The lowest BCUT2D eigenvalue weighted by Crippen LogP contribution is -2.58. The Labute approximate surface area is 127 Å². The molecule has 0 aromatic rings. The predicted molar refractivity (Wildman–Crippen MR) is 81.4 cm³/mol. The zero-order chi connectivity index (χ0) is 16.3. The smallest absolute Gasteiger partial charge is 0.312 e. The van der Waals surface area contributed by atoms with Gasteiger partial charge in [-0.2, -0.15) is 13.2 Å². The molecule has 1 saturated carbocycles. The second kappa shape index (κ2) is 7.32. The first-order valence-corrected chi connectivity index (χ1v) is 8.11. The van der Waals surface area contributed by atoms with Gasteiger partial charge >= 0.3 is 6.18 Å². The molecular weight excluding hydrogens is 277 g/mol. The Kier molecular flexibility index (Phi) is 6.54. The minimum Gasteiger partial charge on any atom is -0.312 e. The molecule has 1 rings (SSSR count). The average Bonchev–Trinajstić information content (AvgIpc) is 2.32. The van der Waals surface area contributed by atoms with Crippen molar-refractivity contribution in [2.24, 2.45) is 5.41 Å². The molecule has 1 fully saturated rings. The third-order valence-corrected chi connectivity index (χ3v) is 4.47. The first kappa shape index (κ1) is 18.8. The largest absolute Gasteiger partial charge is 0.401 e. The Balaban J connectivity index is 2.90. The molecule has 0 aromatic heterocycles. The zero-order valence-corrected chi connectivity index (χ0v) is 14.1. The van der Waals surface area contributed by atoms with Crippen LogP contribution in [0, 0.1) is 5.41 Å². The van der Waals surface area contributed by atoms with Crippen LogP contribution in [0.5, 0.6) is 0 Å². The number of alkyl halides is 3. The van der Waals surface area contributed by atoms with Gasteiger partial charge in [0.1, 0.15) is 0 Å². The summed E-state index contributed by atoms with van der Waals surface area (Å²) in [6.45, 7) is 10.2. The number of hydrogen-bond donors (Lipinski definition) is 1. The van der Waals surface area contributed by atoms with Crippen LogP contribution in [-0.2, 0) is 0 Å². The van der Waals surface area contributed by atoms with E-state index in [9.17, 15) is 13.2 Å². The van der Waals surface area contributed by atoms with Crippen LogP contribution in [-0.4, -0.2) is 42.3 Å². The van der Waals surface area contributed by atoms with E-state index in [-0.39, 0.29) is 23.5 Å². The van der Waals surface area contributed by atoms with Crippen LogP contribution < -0.4 is 5.32 Å². The Morgan fingerprint density at radius 3 is 2.38 bits per heavy atom. The molecule has 0 aromatic carbocycles. The molecule has 0 bridgehead atoms. The van der Waals surface area contributed by atoms with Crippen molar-refractivity contribution in [1.29, 1.82) is 0 Å². The number of halogens is 3. The Bertz CT molecular complexity index is 313. The SMILES string of the molecule is CCCNC1CCC(C)(C)CC1N(CC(F)(F)F)C(C)C. The predicted octanol–water partition coefficient (Wildman–Crippen LogP) is 4.21. The zero-order valence-electron chi connectivity index (χ0n) is 14.1. The Morgan fingerprint density at radius 1 is 1.29 bits per heavy atom. The molecule has 2 unspecified atom stereocenters. The number of nitrogens with zero attached hydrogens (tertiary/aromatic N) is 1. The average molecular weight is 308 g/mol. The summed E-state index contributed by atoms with van der Waals surface area (Å²) < 4.78 is 38.8. The van der Waals surface area contributed by atoms with Crippen molar-refractivity contribution in [3.05, 3.63) is 0 Å². The molecule has 126 valence electrons. The first-order valence-electron chi connectivity index (χ1n) is 8.11. The molecule has 5 heteroatoms. The van der Waals surface area contributed by atoms with Gasteiger partial charge in [-0.1, -0.05) is 20.8 Å². The summed E-state index contributed by atoms with van der Waals surface area (Å²) in [5.41, 5.74) is 0.119. The van der Waals surface area contributed by atoms with Gasteiger partial charge < -0.3 is 5.32 Å². The van der Waals surface area contributed by atoms with E-state index in [4.69, 9.17) is 0 Å². The van der Waals surface area contributed by atoms with E-state index in [2.05, 4.69) is 26.1 Å². The number of rotatable bonds is 6. The summed E-state index contributed by atoms with van der Waals surface area (Å²) in [6.07, 6.45) is -0.279. The van der Waals surface area contributed by atoms with E-state index in [1.165, 1.54) is 0 Å². The van der Waals surface area contributed by atoms with Crippen LogP contribution in [0.4, 0.5) is 13.2 Å². The van der Waals surface area contributed by atoms with E-state index in [0.717, 1.165) is 32.2 Å². The van der Waals surface area contributed by atoms with Crippen LogP contribution in [0.3, 0.4) is 0 Å². The standard InChI is InChI=1S/C16H31F3N2/c1-6-9-20-13-7-8-15(4,5)10-14(13)21(12(2)3)11-16(17,18)19/h12-14,20H,6-11H2,1-5H3. The highest BCUT2D eigenvalue weighted by atomic mass is 19.4. The molecule has 0 amide bonds. The van der Waals surface area contributed by atoms with Gasteiger partial charge in [0.2, 0.25) is 0 Å². The molecule has 1 N–H and O–H groups in total. The van der Waals surface area contributed by atoms with Gasteiger partial charge in [-0.15, -0.1) is 0 Å². The fourth-order valence-electron chi connectivity index (χ4n) is 3.36. The van der Waals surface area contributed by atoms with Gasteiger partial charge in [0.05, 0.1) is 6.54 Å². The third kappa shape index (κ3) is 6.15. The molecule has 2 nitrogen and oxygen atoms in total. The summed E-state index contributed by atoms with van der Waals surface area (Å²) >= 11 is 0. The number of nitrogens with one attached hydrogen (secondary N) is 1. The minimum absolute atomic E-state index is 0.0399. The van der Waals surface area contributed by atoms with Crippen LogP contribution in [0.1, 0.15) is 60.3 Å². The maximum absolute atomic E-state index is 12.9. The monoisotopic (exact) mass is 308 g/mol. The molecule has 1 aliphatic carbocycles. The van der Waals surface area contributed by atoms with Crippen molar-refractivity contribution in [3.63, 3.8) is 0 Å². The minimum atomic E-state index is -4.14. The molecule has 0 radical (unpaired) electrons. The van der Waals surface area contributed by atoms with Gasteiger partial charge in [0.25, 0.3) is 0 Å². The second-order valence-electron chi connectivity index (χ2n) is 7.42. The lowest BCUT2D eigenvalue weighted by Gasteiger charge is -2.48. The van der Waals surface area contributed by atoms with Crippen LogP contribution in [0.2, 0.25) is 0 Å². The summed E-state index contributed by atoms with van der Waals surface area (Å²) in [5.74, 6) is 0. The molecule has 0 heterocycles. The highest BCUT2D eigenvalue weighted by Gasteiger charge is 2.42. The molecular formula is C16H31F3N2. The molecule has 1 aliphatic rings. The second-order valence-corrected chi connectivity index (χ2v) is 7.42. The fourth-order valence-corrected chi connectivity index (χ4v) is 3.36. The van der Waals surface area contributed by atoms with Crippen LogP contribution in [0.25, 0.3) is 0 Å². The fraction of sp³-hybridized carbons (Fsp3) is 1.00. The van der Waals surface area contributed by atoms with Crippen molar-refractivity contribution >= 4 is 0 Å². The third-order valence-electron chi connectivity index (χ3n) is 4.47. The first-order chi connectivity index (χ1) is 9.56. The quantitative estimate of drug-likeness (QED) is 0.791. The lowest BCUT2D eigenvalue weighted by molar-refractivity contribution is -0.160. The highest BCUT2D eigenvalue weighted by molar-refractivity contribution is 4.95. The summed E-state index contributed by atoms with van der Waals surface area (Å²) in [6, 6.07) is 0.0288. The van der Waals surface area contributed by atoms with Gasteiger partial charge in [-0.25, -0.2) is 0 Å². The van der Waals surface area contributed by atoms with Gasteiger partial charge in [0.15, 0.2) is 0 Å². The van der Waals surface area contributed by atoms with Crippen LogP contribution >= 0.6 is 0 Å². The molecule has 0 aliphatic heterocycles. The van der Waals surface area contributed by atoms with Gasteiger partial charge in [-0.3, -0.25) is 4.90 Å². The van der Waals surface area contributed by atoms with Crippen LogP contribution in [0.15, 0.2) is 0 Å². The molecule has 0 saturated heterocycles. The van der Waals surface area contributed by atoms with E-state index < -0.39 is 12.7 Å². The topological polar surface area (TPSA) is 15.3 Å². The highest BCUT2D eigenvalue weighted by Crippen LogP contribution is 2.39. The molecule has 2 atom stereocenters. The van der Waals surface area contributed by atoms with Crippen molar-refractivity contribution < 1.29 is 13.2 Å². The van der Waals surface area contributed by atoms with E-state index >= 15 is 0 Å². The van der Waals surface area contributed by atoms with E-state index in [0.29, 0.717) is 0 Å². The maximum Gasteiger partial charge on any atom is 0.401 e. The van der Waals surface area contributed by atoms with Gasteiger partial charge in [0, 0.05) is 18.1 Å². The van der Waals surface area contributed by atoms with E-state index in [1.54, 1.807) is 4.90 Å². The molecule has 0 spiro atoms. The van der Waals surface area contributed by atoms with Crippen molar-refractivity contribution in [2.75, 3.05) is 13.1 Å². The van der Waals surface area contributed by atoms with E-state index in [1.807, 2.05) is 13.8 Å². The Morgan fingerprint density at radius 2 is 1.90 bits per heavy atom. The van der Waals surface area contributed by atoms with Crippen molar-refractivity contribution in [1.82, 2.24) is 10.2 Å². The Hall–Kier alpha value is -0.290. The lowest BCUT2D eigenvalue weighted by atomic mass is 9.72. The maximum atomic E-state index is 12.9. The van der Waals surface area contributed by atoms with Gasteiger partial charge in [-0.05, 0) is 51.5 Å². The summed E-state index contributed by atoms with van der Waals surface area (Å²) in [7, 11) is 0. The summed E-state index contributed by atoms with van der Waals surface area (Å²) in [4.78, 5) is 1.65. The normalized spacial score (nSPS) is 26.6.